The second kappa shape index (κ2) is 7.87. The van der Waals surface area contributed by atoms with Crippen molar-refractivity contribution in [1.29, 1.82) is 0 Å². The fourth-order valence-corrected chi connectivity index (χ4v) is 5.51. The van der Waals surface area contributed by atoms with Gasteiger partial charge in [-0.3, -0.25) is 0 Å². The zero-order chi connectivity index (χ0) is 17.9. The highest BCUT2D eigenvalue weighted by molar-refractivity contribution is 7.89. The highest BCUT2D eigenvalue weighted by Crippen LogP contribution is 2.35. The van der Waals surface area contributed by atoms with Gasteiger partial charge < -0.3 is 4.74 Å². The minimum Gasteiger partial charge on any atom is -0.492 e. The predicted octanol–water partition coefficient (Wildman–Crippen LogP) is 4.47. The van der Waals surface area contributed by atoms with E-state index in [0.717, 1.165) is 36.8 Å². The van der Waals surface area contributed by atoms with Crippen LogP contribution in [0, 0.1) is 6.92 Å². The Morgan fingerprint density at radius 3 is 2.54 bits per heavy atom. The molecule has 0 aliphatic carbocycles. The first kappa shape index (κ1) is 19.3. The van der Waals surface area contributed by atoms with Crippen molar-refractivity contribution in [2.75, 3.05) is 13.2 Å². The molecule has 1 aromatic rings. The van der Waals surface area contributed by atoms with Crippen LogP contribution in [0.3, 0.4) is 0 Å². The maximum Gasteiger partial charge on any atom is 0.247 e. The molecule has 0 aromatic heterocycles. The number of hydrogen-bond donors (Lipinski definition) is 0. The fraction of sp³-hybridized carbons (Fsp3) is 0.684. The van der Waals surface area contributed by atoms with E-state index in [1.807, 2.05) is 26.0 Å². The molecule has 0 unspecified atom stereocenters. The van der Waals surface area contributed by atoms with E-state index in [1.165, 1.54) is 0 Å². The number of piperidine rings is 1. The maximum atomic E-state index is 13.4. The summed E-state index contributed by atoms with van der Waals surface area (Å²) in [6, 6.07) is 3.82. The van der Waals surface area contributed by atoms with Crippen LogP contribution in [0.1, 0.15) is 70.4 Å². The molecule has 2 rings (SSSR count). The lowest BCUT2D eigenvalue weighted by Gasteiger charge is -2.34. The Balaban J connectivity index is 2.56. The van der Waals surface area contributed by atoms with Gasteiger partial charge in [-0.1, -0.05) is 27.2 Å². The maximum absolute atomic E-state index is 13.4. The van der Waals surface area contributed by atoms with Gasteiger partial charge >= 0.3 is 0 Å². The molecule has 1 atom stereocenters. The van der Waals surface area contributed by atoms with Gasteiger partial charge in [-0.25, -0.2) is 8.42 Å². The zero-order valence-electron chi connectivity index (χ0n) is 15.6. The Labute approximate surface area is 147 Å². The monoisotopic (exact) mass is 353 g/mol. The molecule has 1 aliphatic rings. The van der Waals surface area contributed by atoms with Crippen LogP contribution in [0.2, 0.25) is 0 Å². The summed E-state index contributed by atoms with van der Waals surface area (Å²) < 4.78 is 34.2. The first-order chi connectivity index (χ1) is 11.3. The minimum atomic E-state index is -3.54. The highest BCUT2D eigenvalue weighted by atomic mass is 32.2. The standard InChI is InChI=1S/C19H31NO3S/c1-6-16-10-8-9-11-20(16)24(21,22)19-13-17(14(3)4)15(5)12-18(19)23-7-2/h12-14,16H,6-11H2,1-5H3/t16-/m0/s1. The van der Waals surface area contributed by atoms with Crippen molar-refractivity contribution < 1.29 is 13.2 Å². The van der Waals surface area contributed by atoms with Crippen LogP contribution in [-0.2, 0) is 10.0 Å². The van der Waals surface area contributed by atoms with E-state index in [4.69, 9.17) is 4.74 Å². The van der Waals surface area contributed by atoms with Crippen LogP contribution < -0.4 is 4.74 Å². The number of ether oxygens (including phenoxy) is 1. The first-order valence-corrected chi connectivity index (χ1v) is 10.6. The van der Waals surface area contributed by atoms with Crippen molar-refractivity contribution in [1.82, 2.24) is 4.31 Å². The average Bonchev–Trinajstić information content (AvgIpc) is 2.54. The second-order valence-electron chi connectivity index (χ2n) is 6.92. The average molecular weight is 354 g/mol. The molecule has 1 aromatic carbocycles. The highest BCUT2D eigenvalue weighted by Gasteiger charge is 2.35. The van der Waals surface area contributed by atoms with Crippen LogP contribution in [0.25, 0.3) is 0 Å². The van der Waals surface area contributed by atoms with Crippen LogP contribution in [0.4, 0.5) is 0 Å². The van der Waals surface area contributed by atoms with E-state index in [0.29, 0.717) is 23.8 Å². The van der Waals surface area contributed by atoms with Gasteiger partial charge in [-0.2, -0.15) is 4.31 Å². The Kier molecular flexibility index (Phi) is 6.32. The van der Waals surface area contributed by atoms with Crippen molar-refractivity contribution >= 4 is 10.0 Å². The fourth-order valence-electron chi connectivity index (χ4n) is 3.59. The summed E-state index contributed by atoms with van der Waals surface area (Å²) in [6.45, 7) is 11.2. The van der Waals surface area contributed by atoms with Crippen LogP contribution in [0.5, 0.6) is 5.75 Å². The molecular weight excluding hydrogens is 322 g/mol. The summed E-state index contributed by atoms with van der Waals surface area (Å²) in [7, 11) is -3.54. The van der Waals surface area contributed by atoms with Gasteiger partial charge in [0.1, 0.15) is 10.6 Å². The number of aryl methyl sites for hydroxylation is 1. The lowest BCUT2D eigenvalue weighted by Crippen LogP contribution is -2.43. The quantitative estimate of drug-likeness (QED) is 0.758. The summed E-state index contributed by atoms with van der Waals surface area (Å²) in [5.74, 6) is 0.762. The van der Waals surface area contributed by atoms with Crippen molar-refractivity contribution in [3.8, 4) is 5.75 Å². The largest absolute Gasteiger partial charge is 0.492 e. The molecule has 0 N–H and O–H groups in total. The lowest BCUT2D eigenvalue weighted by atomic mass is 9.98. The van der Waals surface area contributed by atoms with Crippen molar-refractivity contribution in [3.05, 3.63) is 23.3 Å². The molecule has 1 fully saturated rings. The minimum absolute atomic E-state index is 0.0991. The third-order valence-corrected chi connectivity index (χ3v) is 6.86. The van der Waals surface area contributed by atoms with Crippen molar-refractivity contribution in [2.45, 2.75) is 77.2 Å². The zero-order valence-corrected chi connectivity index (χ0v) is 16.4. The second-order valence-corrected chi connectivity index (χ2v) is 8.78. The summed E-state index contributed by atoms with van der Waals surface area (Å²) in [5.41, 5.74) is 2.15. The molecule has 1 heterocycles. The third kappa shape index (κ3) is 3.77. The Bertz CT molecular complexity index is 667. The van der Waals surface area contributed by atoms with Crippen LogP contribution in [-0.4, -0.2) is 31.9 Å². The van der Waals surface area contributed by atoms with Crippen LogP contribution in [0.15, 0.2) is 17.0 Å². The molecule has 4 nitrogen and oxygen atoms in total. The van der Waals surface area contributed by atoms with Gasteiger partial charge in [0, 0.05) is 12.6 Å². The summed E-state index contributed by atoms with van der Waals surface area (Å²) in [5, 5.41) is 0. The summed E-state index contributed by atoms with van der Waals surface area (Å²) in [4.78, 5) is 0.332. The van der Waals surface area contributed by atoms with Crippen molar-refractivity contribution in [2.24, 2.45) is 0 Å². The Morgan fingerprint density at radius 2 is 1.96 bits per heavy atom. The van der Waals surface area contributed by atoms with E-state index < -0.39 is 10.0 Å². The third-order valence-electron chi connectivity index (χ3n) is 4.89. The molecule has 0 amide bonds. The van der Waals surface area contributed by atoms with E-state index >= 15 is 0 Å². The topological polar surface area (TPSA) is 46.6 Å². The smallest absolute Gasteiger partial charge is 0.247 e. The number of hydrogen-bond acceptors (Lipinski definition) is 3. The van der Waals surface area contributed by atoms with Gasteiger partial charge in [-0.15, -0.1) is 0 Å². The number of rotatable bonds is 6. The molecule has 0 saturated carbocycles. The van der Waals surface area contributed by atoms with E-state index in [9.17, 15) is 8.42 Å². The number of nitrogens with zero attached hydrogens (tertiary/aromatic N) is 1. The predicted molar refractivity (Wildman–Crippen MR) is 98.3 cm³/mol. The molecule has 1 saturated heterocycles. The van der Waals surface area contributed by atoms with Gasteiger partial charge in [-0.05, 0) is 62.3 Å². The first-order valence-electron chi connectivity index (χ1n) is 9.12. The SMILES string of the molecule is CCOc1cc(C)c(C(C)C)cc1S(=O)(=O)N1CCCC[C@@H]1CC. The van der Waals surface area contributed by atoms with E-state index in [-0.39, 0.29) is 12.0 Å². The summed E-state index contributed by atoms with van der Waals surface area (Å²) in [6.07, 6.45) is 3.84. The number of benzene rings is 1. The summed E-state index contributed by atoms with van der Waals surface area (Å²) >= 11 is 0. The van der Waals surface area contributed by atoms with E-state index in [2.05, 4.69) is 20.8 Å². The molecular formula is C19H31NO3S. The Hall–Kier alpha value is -1.07. The molecule has 0 spiro atoms. The number of sulfonamides is 1. The molecule has 0 radical (unpaired) electrons. The molecule has 0 bridgehead atoms. The normalized spacial score (nSPS) is 19.7. The van der Waals surface area contributed by atoms with Gasteiger partial charge in [0.05, 0.1) is 6.61 Å². The van der Waals surface area contributed by atoms with Gasteiger partial charge in [0.2, 0.25) is 10.0 Å². The van der Waals surface area contributed by atoms with Gasteiger partial charge in [0.25, 0.3) is 0 Å². The molecule has 5 heteroatoms. The van der Waals surface area contributed by atoms with Gasteiger partial charge in [0.15, 0.2) is 0 Å². The Morgan fingerprint density at radius 1 is 1.25 bits per heavy atom. The van der Waals surface area contributed by atoms with Crippen LogP contribution >= 0.6 is 0 Å². The molecule has 1 aliphatic heterocycles. The molecule has 136 valence electrons. The lowest BCUT2D eigenvalue weighted by molar-refractivity contribution is 0.245. The molecule has 24 heavy (non-hydrogen) atoms. The van der Waals surface area contributed by atoms with E-state index in [1.54, 1.807) is 4.31 Å². The van der Waals surface area contributed by atoms with Crippen molar-refractivity contribution in [3.63, 3.8) is 0 Å².